The summed E-state index contributed by atoms with van der Waals surface area (Å²) in [6.07, 6.45) is 1.61. The van der Waals surface area contributed by atoms with Crippen LogP contribution in [0.4, 0.5) is 11.5 Å². The second-order valence-corrected chi connectivity index (χ2v) is 8.01. The predicted molar refractivity (Wildman–Crippen MR) is 133 cm³/mol. The molecule has 0 aliphatic rings. The van der Waals surface area contributed by atoms with Gasteiger partial charge in [0, 0.05) is 10.7 Å². The van der Waals surface area contributed by atoms with E-state index in [9.17, 15) is 4.79 Å². The van der Waals surface area contributed by atoms with Crippen LogP contribution < -0.4 is 11.1 Å². The van der Waals surface area contributed by atoms with Crippen LogP contribution in [0.25, 0.3) is 22.2 Å². The molecule has 1 amide bonds. The summed E-state index contributed by atoms with van der Waals surface area (Å²) in [5.74, 6) is -0.245. The monoisotopic (exact) mass is 454 g/mol. The van der Waals surface area contributed by atoms with Gasteiger partial charge in [0.1, 0.15) is 16.9 Å². The Bertz CT molecular complexity index is 1540. The van der Waals surface area contributed by atoms with Gasteiger partial charge in [-0.05, 0) is 48.9 Å². The van der Waals surface area contributed by atoms with Crippen molar-refractivity contribution in [1.82, 2.24) is 14.6 Å². The van der Waals surface area contributed by atoms with E-state index in [1.807, 2.05) is 67.6 Å². The summed E-state index contributed by atoms with van der Waals surface area (Å²) in [4.78, 5) is 22.6. The van der Waals surface area contributed by atoms with Crippen LogP contribution in [0.15, 0.2) is 77.9 Å². The molecule has 0 atom stereocenters. The van der Waals surface area contributed by atoms with Crippen LogP contribution in [0.1, 0.15) is 21.5 Å². The number of amides is 1. The van der Waals surface area contributed by atoms with E-state index in [1.54, 1.807) is 18.3 Å². The molecule has 3 N–H and O–H groups in total. The average molecular weight is 455 g/mol. The molecule has 0 fully saturated rings. The fraction of sp³-hybridized carbons (Fsp3) is 0.0400. The maximum Gasteiger partial charge on any atom is 0.261 e. The summed E-state index contributed by atoms with van der Waals surface area (Å²) < 4.78 is 1.43. The van der Waals surface area contributed by atoms with Gasteiger partial charge < -0.3 is 11.1 Å². The topological polar surface area (TPSA) is 98.2 Å². The Morgan fingerprint density at radius 3 is 2.48 bits per heavy atom. The van der Waals surface area contributed by atoms with E-state index in [2.05, 4.69) is 15.4 Å². The molecule has 0 saturated heterocycles. The van der Waals surface area contributed by atoms with Crippen molar-refractivity contribution in [3.63, 3.8) is 0 Å². The van der Waals surface area contributed by atoms with Crippen LogP contribution >= 0.6 is 11.6 Å². The fourth-order valence-electron chi connectivity index (χ4n) is 3.53. The molecule has 5 aromatic rings. The Balaban J connectivity index is 1.66. The summed E-state index contributed by atoms with van der Waals surface area (Å²) in [6.45, 7) is 1.98. The number of nitrogens with one attached hydrogen (secondary N) is 1. The quantitative estimate of drug-likeness (QED) is 0.362. The van der Waals surface area contributed by atoms with Gasteiger partial charge in [0.15, 0.2) is 5.65 Å². The Morgan fingerprint density at radius 1 is 1.03 bits per heavy atom. The highest BCUT2D eigenvalue weighted by molar-refractivity contribution is 6.30. The van der Waals surface area contributed by atoms with Crippen molar-refractivity contribution in [1.29, 1.82) is 0 Å². The zero-order valence-electron chi connectivity index (χ0n) is 17.7. The van der Waals surface area contributed by atoms with Crippen molar-refractivity contribution in [3.05, 3.63) is 94.5 Å². The number of nitrogens with two attached hydrogens (primary N) is 1. The molecule has 8 heteroatoms. The normalized spacial score (nSPS) is 11.5. The highest BCUT2D eigenvalue weighted by Gasteiger charge is 2.24. The predicted octanol–water partition coefficient (Wildman–Crippen LogP) is 5.26. The summed E-state index contributed by atoms with van der Waals surface area (Å²) >= 11 is 6.08. The molecule has 7 nitrogen and oxygen atoms in total. The van der Waals surface area contributed by atoms with Gasteiger partial charge in [0.2, 0.25) is 0 Å². The zero-order chi connectivity index (χ0) is 22.9. The van der Waals surface area contributed by atoms with Gasteiger partial charge in [0.25, 0.3) is 5.91 Å². The molecule has 0 aliphatic heterocycles. The van der Waals surface area contributed by atoms with Gasteiger partial charge in [-0.1, -0.05) is 53.6 Å². The van der Waals surface area contributed by atoms with Crippen molar-refractivity contribution in [3.8, 4) is 0 Å². The number of anilines is 2. The van der Waals surface area contributed by atoms with Crippen molar-refractivity contribution in [2.45, 2.75) is 6.92 Å². The SMILES string of the molecule is Cc1ccc(NC(=O)c2c(N)n(/N=C\c3cccc(Cl)c3)c3nc4ccccc4nc23)cc1. The lowest BCUT2D eigenvalue weighted by molar-refractivity contribution is 0.102. The fourth-order valence-corrected chi connectivity index (χ4v) is 3.73. The summed E-state index contributed by atoms with van der Waals surface area (Å²) in [5, 5.41) is 7.98. The molecule has 0 spiro atoms. The van der Waals surface area contributed by atoms with E-state index < -0.39 is 0 Å². The van der Waals surface area contributed by atoms with E-state index in [-0.39, 0.29) is 17.3 Å². The van der Waals surface area contributed by atoms with Crippen LogP contribution in [0.2, 0.25) is 5.02 Å². The number of carbonyl (C=O) groups is 1. The van der Waals surface area contributed by atoms with Gasteiger partial charge >= 0.3 is 0 Å². The smallest absolute Gasteiger partial charge is 0.261 e. The van der Waals surface area contributed by atoms with Crippen molar-refractivity contribution in [2.75, 3.05) is 11.1 Å². The molecule has 0 unspecified atom stereocenters. The van der Waals surface area contributed by atoms with Crippen LogP contribution in [0.3, 0.4) is 0 Å². The van der Waals surface area contributed by atoms with E-state index in [0.717, 1.165) is 11.1 Å². The Kier molecular flexibility index (Phi) is 5.24. The minimum Gasteiger partial charge on any atom is -0.383 e. The standard InChI is InChI=1S/C25H19ClN6O/c1-15-9-11-18(12-10-15)29-25(33)21-22-24(31-20-8-3-2-7-19(20)30-22)32(23(21)27)28-14-16-5-4-6-17(26)13-16/h2-14H,27H2,1H3,(H,29,33)/b28-14-. The highest BCUT2D eigenvalue weighted by atomic mass is 35.5. The molecule has 33 heavy (non-hydrogen) atoms. The molecule has 162 valence electrons. The van der Waals surface area contributed by atoms with Crippen molar-refractivity contribution < 1.29 is 4.79 Å². The second kappa shape index (κ2) is 8.37. The molecule has 0 aliphatic carbocycles. The number of benzene rings is 3. The number of carbonyl (C=O) groups excluding carboxylic acids is 1. The molecular formula is C25H19ClN6O. The second-order valence-electron chi connectivity index (χ2n) is 7.58. The summed E-state index contributed by atoms with van der Waals surface area (Å²) in [5.41, 5.74) is 11.3. The summed E-state index contributed by atoms with van der Waals surface area (Å²) in [7, 11) is 0. The first kappa shape index (κ1) is 20.7. The number of rotatable bonds is 4. The summed E-state index contributed by atoms with van der Waals surface area (Å²) in [6, 6.07) is 22.2. The first-order valence-electron chi connectivity index (χ1n) is 10.2. The van der Waals surface area contributed by atoms with Crippen LogP contribution in [-0.4, -0.2) is 26.8 Å². The van der Waals surface area contributed by atoms with Crippen LogP contribution in [0, 0.1) is 6.92 Å². The van der Waals surface area contributed by atoms with Gasteiger partial charge in [-0.2, -0.15) is 9.78 Å². The third kappa shape index (κ3) is 4.02. The minimum absolute atomic E-state index is 0.142. The number of aryl methyl sites for hydroxylation is 1. The largest absolute Gasteiger partial charge is 0.383 e. The third-order valence-electron chi connectivity index (χ3n) is 5.18. The molecule has 5 rings (SSSR count). The minimum atomic E-state index is -0.386. The lowest BCUT2D eigenvalue weighted by atomic mass is 10.2. The van der Waals surface area contributed by atoms with E-state index in [4.69, 9.17) is 22.3 Å². The Labute approximate surface area is 194 Å². The van der Waals surface area contributed by atoms with Gasteiger partial charge in [0.05, 0.1) is 17.2 Å². The number of para-hydroxylation sites is 2. The number of nitrogens with zero attached hydrogens (tertiary/aromatic N) is 4. The number of nitrogen functional groups attached to an aromatic ring is 1. The molecular weight excluding hydrogens is 436 g/mol. The third-order valence-corrected chi connectivity index (χ3v) is 5.42. The number of halogens is 1. The number of hydrogen-bond donors (Lipinski definition) is 2. The van der Waals surface area contributed by atoms with Crippen LogP contribution in [-0.2, 0) is 0 Å². The van der Waals surface area contributed by atoms with E-state index in [0.29, 0.717) is 32.9 Å². The number of fused-ring (bicyclic) bond motifs is 2. The van der Waals surface area contributed by atoms with Crippen molar-refractivity contribution >= 4 is 57.4 Å². The van der Waals surface area contributed by atoms with Gasteiger partial charge in [-0.25, -0.2) is 9.97 Å². The van der Waals surface area contributed by atoms with Crippen LogP contribution in [0.5, 0.6) is 0 Å². The molecule has 0 saturated carbocycles. The lowest BCUT2D eigenvalue weighted by Gasteiger charge is -2.06. The maximum absolute atomic E-state index is 13.3. The van der Waals surface area contributed by atoms with Gasteiger partial charge in [-0.3, -0.25) is 4.79 Å². The van der Waals surface area contributed by atoms with Gasteiger partial charge in [-0.15, -0.1) is 0 Å². The van der Waals surface area contributed by atoms with Crippen molar-refractivity contribution in [2.24, 2.45) is 5.10 Å². The highest BCUT2D eigenvalue weighted by Crippen LogP contribution is 2.28. The Hall–Kier alpha value is -4.23. The molecule has 0 radical (unpaired) electrons. The lowest BCUT2D eigenvalue weighted by Crippen LogP contribution is -2.14. The molecule has 0 bridgehead atoms. The first-order chi connectivity index (χ1) is 16.0. The Morgan fingerprint density at radius 2 is 1.76 bits per heavy atom. The first-order valence-corrected chi connectivity index (χ1v) is 10.6. The van der Waals surface area contributed by atoms with E-state index >= 15 is 0 Å². The number of hydrogen-bond acceptors (Lipinski definition) is 5. The molecule has 2 aromatic heterocycles. The molecule has 2 heterocycles. The number of aromatic nitrogens is 3. The zero-order valence-corrected chi connectivity index (χ0v) is 18.4. The maximum atomic E-state index is 13.3. The molecule has 3 aromatic carbocycles. The average Bonchev–Trinajstić information content (AvgIpc) is 3.08. The van der Waals surface area contributed by atoms with E-state index in [1.165, 1.54) is 4.68 Å².